The number of carbonyl (C=O) groups excluding carboxylic acids is 1. The van der Waals surface area contributed by atoms with Crippen LogP contribution in [0, 0.1) is 6.92 Å². The monoisotopic (exact) mass is 454 g/mol. The van der Waals surface area contributed by atoms with Crippen molar-refractivity contribution >= 4 is 5.78 Å². The van der Waals surface area contributed by atoms with Crippen molar-refractivity contribution in [2.45, 2.75) is 45.2 Å². The van der Waals surface area contributed by atoms with Crippen LogP contribution in [0.25, 0.3) is 11.1 Å². The summed E-state index contributed by atoms with van der Waals surface area (Å²) in [6.45, 7) is 2.00. The van der Waals surface area contributed by atoms with Gasteiger partial charge in [-0.2, -0.15) is 13.2 Å². The van der Waals surface area contributed by atoms with Gasteiger partial charge in [0.05, 0.1) is 11.0 Å². The fraction of sp³-hybridized carbons (Fsp3) is 0.296. The first-order valence-electron chi connectivity index (χ1n) is 10.5. The van der Waals surface area contributed by atoms with Crippen LogP contribution >= 0.6 is 0 Å². The Kier molecular flexibility index (Phi) is 5.72. The summed E-state index contributed by atoms with van der Waals surface area (Å²) in [6.07, 6.45) is -3.20. The van der Waals surface area contributed by atoms with Crippen molar-refractivity contribution in [3.63, 3.8) is 0 Å². The van der Waals surface area contributed by atoms with E-state index in [4.69, 9.17) is 9.47 Å². The molecule has 0 radical (unpaired) electrons. The van der Waals surface area contributed by atoms with Gasteiger partial charge in [0.15, 0.2) is 11.5 Å². The smallest absolute Gasteiger partial charge is 0.416 e. The molecule has 3 nitrogen and oxygen atoms in total. The molecule has 1 heterocycles. The Morgan fingerprint density at radius 1 is 0.970 bits per heavy atom. The number of alkyl halides is 3. The predicted octanol–water partition coefficient (Wildman–Crippen LogP) is 6.89. The minimum Gasteiger partial charge on any atom is -0.454 e. The Bertz CT molecular complexity index is 1210. The first-order chi connectivity index (χ1) is 15.3. The van der Waals surface area contributed by atoms with Gasteiger partial charge in [-0.25, -0.2) is 0 Å². The van der Waals surface area contributed by atoms with E-state index < -0.39 is 17.2 Å². The maximum Gasteiger partial charge on any atom is 0.416 e. The van der Waals surface area contributed by atoms with Crippen molar-refractivity contribution in [3.05, 3.63) is 82.9 Å². The highest BCUT2D eigenvalue weighted by atomic mass is 19.4. The Morgan fingerprint density at radius 3 is 2.39 bits per heavy atom. The van der Waals surface area contributed by atoms with Crippen LogP contribution in [-0.2, 0) is 22.8 Å². The summed E-state index contributed by atoms with van der Waals surface area (Å²) in [7, 11) is 0. The topological polar surface area (TPSA) is 35.5 Å². The molecule has 1 aliphatic carbocycles. The first kappa shape index (κ1) is 22.9. The lowest BCUT2D eigenvalue weighted by Crippen LogP contribution is -2.22. The molecule has 0 amide bonds. The number of fused-ring (bicyclic) bond motifs is 1. The van der Waals surface area contributed by atoms with Gasteiger partial charge < -0.3 is 9.47 Å². The first-order valence-corrected chi connectivity index (χ1v) is 10.5. The average Bonchev–Trinajstić information content (AvgIpc) is 3.44. The summed E-state index contributed by atoms with van der Waals surface area (Å²) in [5.41, 5.74) is 1.86. The number of benzene rings is 3. The fourth-order valence-electron chi connectivity index (χ4n) is 4.41. The number of halogens is 3. The summed E-state index contributed by atoms with van der Waals surface area (Å²) in [6, 6.07) is 16.7. The third kappa shape index (κ3) is 4.22. The molecule has 0 aromatic heterocycles. The van der Waals surface area contributed by atoms with Crippen molar-refractivity contribution < 1.29 is 27.4 Å². The summed E-state index contributed by atoms with van der Waals surface area (Å²) >= 11 is 0. The van der Waals surface area contributed by atoms with Crippen molar-refractivity contribution in [1.82, 2.24) is 0 Å². The van der Waals surface area contributed by atoms with Crippen molar-refractivity contribution in [2.24, 2.45) is 0 Å². The van der Waals surface area contributed by atoms with E-state index in [9.17, 15) is 18.0 Å². The second-order valence-electron chi connectivity index (χ2n) is 8.48. The Hall–Kier alpha value is -3.28. The van der Waals surface area contributed by atoms with E-state index in [2.05, 4.69) is 0 Å². The van der Waals surface area contributed by atoms with Gasteiger partial charge in [0, 0.05) is 6.42 Å². The van der Waals surface area contributed by atoms with Crippen molar-refractivity contribution in [3.8, 4) is 22.6 Å². The van der Waals surface area contributed by atoms with E-state index in [0.29, 0.717) is 35.5 Å². The number of rotatable bonds is 5. The maximum atomic E-state index is 13.6. The third-order valence-corrected chi connectivity index (χ3v) is 6.35. The molecule has 1 fully saturated rings. The molecular weight excluding hydrogens is 429 g/mol. The number of hydrogen-bond donors (Lipinski definition) is 0. The summed E-state index contributed by atoms with van der Waals surface area (Å²) in [5.74, 6) is 1.16. The van der Waals surface area contributed by atoms with Gasteiger partial charge in [0.1, 0.15) is 5.78 Å². The van der Waals surface area contributed by atoms with Crippen LogP contribution < -0.4 is 9.47 Å². The number of carbonyl (C=O) groups is 1. The molecule has 3 aromatic carbocycles. The average molecular weight is 454 g/mol. The highest BCUT2D eigenvalue weighted by Crippen LogP contribution is 2.51. The number of ether oxygens (including phenoxy) is 2. The second-order valence-corrected chi connectivity index (χ2v) is 8.48. The number of ketones is 1. The molecule has 5 rings (SSSR count). The third-order valence-electron chi connectivity index (χ3n) is 6.35. The van der Waals surface area contributed by atoms with Crippen LogP contribution in [0.2, 0.25) is 0 Å². The van der Waals surface area contributed by atoms with Gasteiger partial charge in [-0.05, 0) is 71.8 Å². The molecule has 0 spiro atoms. The molecule has 0 atom stereocenters. The Balaban J connectivity index is 0.00000259. The molecule has 0 saturated heterocycles. The Labute approximate surface area is 191 Å². The van der Waals surface area contributed by atoms with E-state index in [0.717, 1.165) is 28.8 Å². The molecule has 0 bridgehead atoms. The van der Waals surface area contributed by atoms with Crippen molar-refractivity contribution in [2.75, 3.05) is 6.79 Å². The normalized spacial score (nSPS) is 15.6. The summed E-state index contributed by atoms with van der Waals surface area (Å²) < 4.78 is 51.7. The van der Waals surface area contributed by atoms with Crippen LogP contribution in [-0.4, -0.2) is 12.6 Å². The fourth-order valence-corrected chi connectivity index (χ4v) is 4.41. The summed E-state index contributed by atoms with van der Waals surface area (Å²) in [4.78, 5) is 13.3. The molecule has 3 aromatic rings. The maximum absolute atomic E-state index is 13.6. The van der Waals surface area contributed by atoms with Gasteiger partial charge in [0.2, 0.25) is 6.79 Å². The predicted molar refractivity (Wildman–Crippen MR) is 121 cm³/mol. The SMILES string of the molecule is C.Cc1ccccc1-c1cc(CC(=O)C2(c3ccc4c(c3)OCO4)CC2)cc(C(F)(F)F)c1. The van der Waals surface area contributed by atoms with E-state index >= 15 is 0 Å². The van der Waals surface area contributed by atoms with Crippen molar-refractivity contribution in [1.29, 1.82) is 0 Å². The zero-order valence-electron chi connectivity index (χ0n) is 17.5. The molecule has 1 aliphatic heterocycles. The van der Waals surface area contributed by atoms with Gasteiger partial charge in [-0.1, -0.05) is 43.8 Å². The molecular formula is C27H25F3O3. The molecule has 6 heteroatoms. The number of hydrogen-bond acceptors (Lipinski definition) is 3. The van der Waals surface area contributed by atoms with Crippen LogP contribution in [0.15, 0.2) is 60.7 Å². The number of aryl methyl sites for hydroxylation is 1. The highest BCUT2D eigenvalue weighted by Gasteiger charge is 2.51. The second kappa shape index (κ2) is 8.25. The molecule has 0 N–H and O–H groups in total. The minimum atomic E-state index is -4.49. The lowest BCUT2D eigenvalue weighted by molar-refractivity contribution is -0.137. The highest BCUT2D eigenvalue weighted by molar-refractivity contribution is 5.95. The van der Waals surface area contributed by atoms with Gasteiger partial charge >= 0.3 is 6.18 Å². The zero-order valence-corrected chi connectivity index (χ0v) is 17.5. The largest absolute Gasteiger partial charge is 0.454 e. The van der Waals surface area contributed by atoms with Gasteiger partial charge in [0.25, 0.3) is 0 Å². The molecule has 172 valence electrons. The zero-order chi connectivity index (χ0) is 22.5. The van der Waals surface area contributed by atoms with Gasteiger partial charge in [-0.15, -0.1) is 0 Å². The minimum absolute atomic E-state index is 0. The van der Waals surface area contributed by atoms with Crippen LogP contribution in [0.4, 0.5) is 13.2 Å². The lowest BCUT2D eigenvalue weighted by Gasteiger charge is -2.17. The quantitative estimate of drug-likeness (QED) is 0.421. The number of Topliss-reactive ketones (excluding diaryl/α,β-unsaturated/α-hetero) is 1. The molecule has 0 unspecified atom stereocenters. The van der Waals surface area contributed by atoms with E-state index in [1.807, 2.05) is 31.2 Å². The van der Waals surface area contributed by atoms with E-state index in [1.54, 1.807) is 24.3 Å². The van der Waals surface area contributed by atoms with Crippen LogP contribution in [0.1, 0.15) is 42.5 Å². The van der Waals surface area contributed by atoms with Crippen LogP contribution in [0.3, 0.4) is 0 Å². The lowest BCUT2D eigenvalue weighted by atomic mass is 9.86. The molecule has 1 saturated carbocycles. The summed E-state index contributed by atoms with van der Waals surface area (Å²) in [5, 5.41) is 0. The van der Waals surface area contributed by atoms with E-state index in [1.165, 1.54) is 0 Å². The van der Waals surface area contributed by atoms with E-state index in [-0.39, 0.29) is 26.4 Å². The molecule has 33 heavy (non-hydrogen) atoms. The van der Waals surface area contributed by atoms with Gasteiger partial charge in [-0.3, -0.25) is 4.79 Å². The van der Waals surface area contributed by atoms with Crippen LogP contribution in [0.5, 0.6) is 11.5 Å². The Morgan fingerprint density at radius 2 is 1.70 bits per heavy atom. The standard InChI is InChI=1S/C26H21F3O3.CH4/c1-16-4-2-3-5-21(16)18-10-17(11-20(13-18)26(27,28)29)12-24(30)25(8-9-25)19-6-7-22-23(14-19)32-15-31-22;/h2-7,10-11,13-14H,8-9,12,15H2,1H3;1H4. The molecule has 2 aliphatic rings.